The molecule has 0 spiro atoms. The van der Waals surface area contributed by atoms with Crippen molar-refractivity contribution in [3.8, 4) is 0 Å². The molecule has 2 radical (unpaired) electrons. The van der Waals surface area contributed by atoms with E-state index >= 15 is 0 Å². The second-order valence-corrected chi connectivity index (χ2v) is 5.14. The predicted molar refractivity (Wildman–Crippen MR) is 58.0 cm³/mol. The highest BCUT2D eigenvalue weighted by Gasteiger charge is 2.27. The summed E-state index contributed by atoms with van der Waals surface area (Å²) in [6.45, 7) is 10.4. The Labute approximate surface area is 88.0 Å². The Morgan fingerprint density at radius 2 is 1.79 bits per heavy atom. The fourth-order valence-corrected chi connectivity index (χ4v) is 0.852. The Morgan fingerprint density at radius 1 is 1.29 bits per heavy atom. The van der Waals surface area contributed by atoms with Crippen molar-refractivity contribution >= 4 is 13.9 Å². The van der Waals surface area contributed by atoms with Crippen molar-refractivity contribution in [3.05, 3.63) is 0 Å². The summed E-state index contributed by atoms with van der Waals surface area (Å²) in [6, 6.07) is 0. The number of rotatable bonds is 4. The first kappa shape index (κ1) is 13.5. The fraction of sp³-hybridized carbons (Fsp3) is 0.900. The molecule has 0 saturated heterocycles. The van der Waals surface area contributed by atoms with Crippen molar-refractivity contribution in [1.82, 2.24) is 5.23 Å². The molecule has 14 heavy (non-hydrogen) atoms. The average molecular weight is 197 g/mol. The number of amides is 1. The molecule has 4 heteroatoms. The van der Waals surface area contributed by atoms with Gasteiger partial charge in [-0.25, -0.2) is 0 Å². The molecule has 80 valence electrons. The zero-order valence-electron chi connectivity index (χ0n) is 9.81. The highest BCUT2D eigenvalue weighted by molar-refractivity contribution is 6.15. The molecular formula is C10H20BNO2. The molecule has 0 unspecified atom stereocenters. The van der Waals surface area contributed by atoms with Crippen LogP contribution in [0.1, 0.15) is 41.0 Å². The first-order valence-corrected chi connectivity index (χ1v) is 4.84. The van der Waals surface area contributed by atoms with E-state index in [0.717, 1.165) is 6.42 Å². The number of carbonyl (C=O) groups is 1. The Kier molecular flexibility index (Phi) is 4.65. The quantitative estimate of drug-likeness (QED) is 0.692. The smallest absolute Gasteiger partial charge is 0.238 e. The lowest BCUT2D eigenvalue weighted by molar-refractivity contribution is -0.141. The van der Waals surface area contributed by atoms with Gasteiger partial charge in [0.05, 0.1) is 0 Å². The van der Waals surface area contributed by atoms with Gasteiger partial charge in [0.2, 0.25) is 13.9 Å². The Balaban J connectivity index is 3.94. The molecule has 0 aromatic carbocycles. The van der Waals surface area contributed by atoms with Gasteiger partial charge in [0.25, 0.3) is 0 Å². The van der Waals surface area contributed by atoms with Gasteiger partial charge < -0.3 is 9.96 Å². The van der Waals surface area contributed by atoms with E-state index in [0.29, 0.717) is 6.61 Å². The summed E-state index contributed by atoms with van der Waals surface area (Å²) < 4.78 is 5.47. The van der Waals surface area contributed by atoms with E-state index in [2.05, 4.69) is 26.0 Å². The van der Waals surface area contributed by atoms with Crippen molar-refractivity contribution in [1.29, 1.82) is 0 Å². The molecule has 0 aromatic heterocycles. The van der Waals surface area contributed by atoms with Crippen LogP contribution in [0.4, 0.5) is 0 Å². The van der Waals surface area contributed by atoms with Gasteiger partial charge in [0.15, 0.2) is 0 Å². The third kappa shape index (κ3) is 5.27. The highest BCUT2D eigenvalue weighted by Crippen LogP contribution is 2.20. The second kappa shape index (κ2) is 4.83. The number of ether oxygens (including phenoxy) is 1. The first-order valence-electron chi connectivity index (χ1n) is 4.84. The third-order valence-electron chi connectivity index (χ3n) is 1.99. The monoisotopic (exact) mass is 197 g/mol. The molecule has 0 aliphatic heterocycles. The maximum absolute atomic E-state index is 11.2. The van der Waals surface area contributed by atoms with Gasteiger partial charge in [0.1, 0.15) is 5.60 Å². The van der Waals surface area contributed by atoms with E-state index in [9.17, 15) is 4.79 Å². The molecule has 0 atom stereocenters. The summed E-state index contributed by atoms with van der Waals surface area (Å²) in [7, 11) is 5.04. The topological polar surface area (TPSA) is 38.3 Å². The summed E-state index contributed by atoms with van der Waals surface area (Å²) in [6.07, 6.45) is 0.911. The van der Waals surface area contributed by atoms with Crippen LogP contribution >= 0.6 is 0 Å². The van der Waals surface area contributed by atoms with Gasteiger partial charge >= 0.3 is 0 Å². The summed E-state index contributed by atoms with van der Waals surface area (Å²) in [5.41, 5.74) is -0.630. The third-order valence-corrected chi connectivity index (χ3v) is 1.99. The Hall–Kier alpha value is -0.505. The highest BCUT2D eigenvalue weighted by atomic mass is 16.5. The maximum atomic E-state index is 11.2. The van der Waals surface area contributed by atoms with Crippen LogP contribution < -0.4 is 5.23 Å². The van der Waals surface area contributed by atoms with E-state index in [1.165, 1.54) is 0 Å². The molecule has 0 aliphatic carbocycles. The van der Waals surface area contributed by atoms with E-state index in [1.807, 2.05) is 0 Å². The van der Waals surface area contributed by atoms with Crippen LogP contribution in [0, 0.1) is 5.41 Å². The number of hydrogen-bond acceptors (Lipinski definition) is 2. The summed E-state index contributed by atoms with van der Waals surface area (Å²) in [5.74, 6) is -0.300. The van der Waals surface area contributed by atoms with Crippen molar-refractivity contribution in [2.24, 2.45) is 5.41 Å². The van der Waals surface area contributed by atoms with Crippen molar-refractivity contribution in [3.63, 3.8) is 0 Å². The number of nitrogens with one attached hydrogen (secondary N) is 1. The lowest BCUT2D eigenvalue weighted by atomic mass is 9.93. The fourth-order valence-electron chi connectivity index (χ4n) is 0.852. The lowest BCUT2D eigenvalue weighted by Gasteiger charge is -2.26. The number of hydrogen-bond donors (Lipinski definition) is 1. The molecule has 0 rings (SSSR count). The largest absolute Gasteiger partial charge is 0.407 e. The van der Waals surface area contributed by atoms with E-state index in [4.69, 9.17) is 12.7 Å². The summed E-state index contributed by atoms with van der Waals surface area (Å²) in [4.78, 5) is 11.2. The molecule has 1 N–H and O–H groups in total. The maximum Gasteiger partial charge on any atom is 0.238 e. The van der Waals surface area contributed by atoms with E-state index < -0.39 is 5.60 Å². The summed E-state index contributed by atoms with van der Waals surface area (Å²) >= 11 is 0. The minimum Gasteiger partial charge on any atom is -0.407 e. The lowest BCUT2D eigenvalue weighted by Crippen LogP contribution is -2.43. The van der Waals surface area contributed by atoms with Crippen LogP contribution in [0.15, 0.2) is 0 Å². The van der Waals surface area contributed by atoms with Crippen LogP contribution in [-0.4, -0.2) is 26.1 Å². The molecule has 1 amide bonds. The molecular weight excluding hydrogens is 177 g/mol. The minimum atomic E-state index is -0.847. The van der Waals surface area contributed by atoms with Gasteiger partial charge in [-0.2, -0.15) is 0 Å². The number of carbonyl (C=O) groups excluding carboxylic acids is 1. The van der Waals surface area contributed by atoms with Crippen molar-refractivity contribution in [2.45, 2.75) is 46.6 Å². The minimum absolute atomic E-state index is 0.218. The van der Waals surface area contributed by atoms with Crippen molar-refractivity contribution < 1.29 is 9.53 Å². The van der Waals surface area contributed by atoms with Gasteiger partial charge in [-0.1, -0.05) is 20.8 Å². The Bertz CT molecular complexity index is 197. The predicted octanol–water partition coefficient (Wildman–Crippen LogP) is 1.42. The standard InChI is InChI=1S/C10H20BNO2/c1-9(2,3)6-7-14-10(4,5)8(13)12-11/h6-7H2,1-5H3,(H,12,13). The van der Waals surface area contributed by atoms with Crippen LogP contribution in [0.5, 0.6) is 0 Å². The van der Waals surface area contributed by atoms with Crippen LogP contribution in [0.3, 0.4) is 0 Å². The average Bonchev–Trinajstić information content (AvgIpc) is 2.00. The molecule has 0 aromatic rings. The van der Waals surface area contributed by atoms with Crippen molar-refractivity contribution in [2.75, 3.05) is 6.61 Å². The molecule has 0 bridgehead atoms. The molecule has 3 nitrogen and oxygen atoms in total. The molecule has 0 saturated carbocycles. The first-order chi connectivity index (χ1) is 6.19. The zero-order chi connectivity index (χ0) is 11.4. The van der Waals surface area contributed by atoms with E-state index in [1.54, 1.807) is 13.8 Å². The van der Waals surface area contributed by atoms with Gasteiger partial charge in [-0.15, -0.1) is 0 Å². The van der Waals surface area contributed by atoms with E-state index in [-0.39, 0.29) is 11.3 Å². The van der Waals surface area contributed by atoms with Crippen LogP contribution in [-0.2, 0) is 9.53 Å². The Morgan fingerprint density at radius 3 is 2.14 bits per heavy atom. The SMILES string of the molecule is [B]NC(=O)C(C)(C)OCCC(C)(C)C. The molecule has 0 fully saturated rings. The second-order valence-electron chi connectivity index (χ2n) is 5.14. The van der Waals surface area contributed by atoms with Gasteiger partial charge in [-0.3, -0.25) is 4.79 Å². The van der Waals surface area contributed by atoms with Gasteiger partial charge in [-0.05, 0) is 25.7 Å². The normalized spacial score (nSPS) is 12.6. The molecule has 0 aliphatic rings. The van der Waals surface area contributed by atoms with Crippen LogP contribution in [0.25, 0.3) is 0 Å². The van der Waals surface area contributed by atoms with Crippen LogP contribution in [0.2, 0.25) is 0 Å². The summed E-state index contributed by atoms with van der Waals surface area (Å²) in [5, 5.41) is 2.09. The van der Waals surface area contributed by atoms with Gasteiger partial charge in [0, 0.05) is 6.61 Å². The molecule has 0 heterocycles. The zero-order valence-corrected chi connectivity index (χ0v) is 9.81.